The summed E-state index contributed by atoms with van der Waals surface area (Å²) in [5.74, 6) is 0.563. The zero-order valence-corrected chi connectivity index (χ0v) is 19.0. The maximum absolute atomic E-state index is 13.1. The number of sulfonamides is 1. The van der Waals surface area contributed by atoms with Crippen molar-refractivity contribution < 1.29 is 13.2 Å². The van der Waals surface area contributed by atoms with Crippen molar-refractivity contribution in [2.24, 2.45) is 0 Å². The first-order valence-corrected chi connectivity index (χ1v) is 13.0. The third-order valence-electron chi connectivity index (χ3n) is 6.74. The van der Waals surface area contributed by atoms with Crippen LogP contribution < -0.4 is 10.6 Å². The predicted octanol–water partition coefficient (Wildman–Crippen LogP) is 1.54. The maximum atomic E-state index is 13.1. The first-order chi connectivity index (χ1) is 15.4. The molecule has 9 nitrogen and oxygen atoms in total. The molecule has 0 saturated carbocycles. The minimum absolute atomic E-state index is 0.105. The Morgan fingerprint density at radius 3 is 2.53 bits per heavy atom. The van der Waals surface area contributed by atoms with Crippen molar-refractivity contribution in [3.8, 4) is 0 Å². The van der Waals surface area contributed by atoms with E-state index < -0.39 is 10.0 Å². The second kappa shape index (κ2) is 8.47. The monoisotopic (exact) mass is 459 g/mol. The number of hydrogen-bond donors (Lipinski definition) is 0. The molecule has 1 aromatic carbocycles. The molecule has 0 atom stereocenters. The summed E-state index contributed by atoms with van der Waals surface area (Å²) < 4.78 is 30.4. The van der Waals surface area contributed by atoms with Gasteiger partial charge in [0.15, 0.2) is 0 Å². The van der Waals surface area contributed by atoms with E-state index in [1.807, 2.05) is 0 Å². The number of anilines is 1. The quantitative estimate of drug-likeness (QED) is 0.691. The Labute approximate surface area is 187 Å². The van der Waals surface area contributed by atoms with Crippen LogP contribution in [0.5, 0.6) is 0 Å². The average molecular weight is 460 g/mol. The maximum Gasteiger partial charge on any atom is 0.346 e. The second-order valence-corrected chi connectivity index (χ2v) is 10.8. The van der Waals surface area contributed by atoms with E-state index >= 15 is 0 Å². The van der Waals surface area contributed by atoms with Crippen molar-refractivity contribution >= 4 is 21.6 Å². The molecule has 0 radical (unpaired) electrons. The lowest BCUT2D eigenvalue weighted by atomic mass is 10.0. The molecule has 2 aromatic rings. The number of amides is 1. The smallest absolute Gasteiger partial charge is 0.311 e. The molecule has 0 bridgehead atoms. The van der Waals surface area contributed by atoms with Gasteiger partial charge in [-0.1, -0.05) is 6.42 Å². The Balaban J connectivity index is 1.38. The average Bonchev–Trinajstić information content (AvgIpc) is 3.36. The summed E-state index contributed by atoms with van der Waals surface area (Å²) in [4.78, 5) is 27.8. The van der Waals surface area contributed by atoms with Gasteiger partial charge in [-0.15, -0.1) is 0 Å². The normalized spacial score (nSPS) is 19.4. The van der Waals surface area contributed by atoms with E-state index in [-0.39, 0.29) is 18.1 Å². The zero-order valence-electron chi connectivity index (χ0n) is 18.2. The van der Waals surface area contributed by atoms with Crippen LogP contribution in [0.1, 0.15) is 49.9 Å². The molecular formula is C22H29N5O4S. The van der Waals surface area contributed by atoms with Gasteiger partial charge in [-0.05, 0) is 62.3 Å². The highest BCUT2D eigenvalue weighted by Gasteiger charge is 2.30. The molecule has 3 aliphatic rings. The van der Waals surface area contributed by atoms with Gasteiger partial charge in [-0.2, -0.15) is 9.40 Å². The molecule has 1 aromatic heterocycles. The third-order valence-corrected chi connectivity index (χ3v) is 8.63. The first kappa shape index (κ1) is 21.4. The summed E-state index contributed by atoms with van der Waals surface area (Å²) in [6, 6.07) is 5.05. The molecule has 3 aliphatic heterocycles. The number of hydrogen-bond acceptors (Lipinski definition) is 5. The summed E-state index contributed by atoms with van der Waals surface area (Å²) in [6.45, 7) is 2.22. The van der Waals surface area contributed by atoms with E-state index in [1.54, 1.807) is 27.7 Å². The standard InChI is InChI=1S/C22H29N5O4S/c28-21(16-27-22(29)26-13-3-1-2-8-20(26)23-27)25-14-6-7-17-15-18(9-10-19(17)25)32(30,31)24-11-4-5-12-24/h9-10,15H,1-8,11-14,16H2. The van der Waals surface area contributed by atoms with Crippen LogP contribution in [-0.2, 0) is 40.7 Å². The van der Waals surface area contributed by atoms with Crippen LogP contribution in [0.15, 0.2) is 27.9 Å². The summed E-state index contributed by atoms with van der Waals surface area (Å²) in [5, 5.41) is 4.43. The highest BCUT2D eigenvalue weighted by molar-refractivity contribution is 7.89. The van der Waals surface area contributed by atoms with Crippen LogP contribution in [-0.4, -0.2) is 52.6 Å². The van der Waals surface area contributed by atoms with Crippen LogP contribution in [0.2, 0.25) is 0 Å². The predicted molar refractivity (Wildman–Crippen MR) is 119 cm³/mol. The van der Waals surface area contributed by atoms with Gasteiger partial charge in [0, 0.05) is 38.3 Å². The van der Waals surface area contributed by atoms with Crippen molar-refractivity contribution in [3.05, 3.63) is 40.1 Å². The lowest BCUT2D eigenvalue weighted by Crippen LogP contribution is -2.40. The molecule has 172 valence electrons. The van der Waals surface area contributed by atoms with Gasteiger partial charge >= 0.3 is 5.69 Å². The van der Waals surface area contributed by atoms with E-state index in [4.69, 9.17) is 0 Å². The van der Waals surface area contributed by atoms with E-state index in [9.17, 15) is 18.0 Å². The van der Waals surface area contributed by atoms with Crippen LogP contribution in [0.4, 0.5) is 5.69 Å². The molecular weight excluding hydrogens is 430 g/mol. The third kappa shape index (κ3) is 3.79. The van der Waals surface area contributed by atoms with E-state index in [0.29, 0.717) is 31.1 Å². The van der Waals surface area contributed by atoms with Gasteiger partial charge in [0.2, 0.25) is 15.9 Å². The van der Waals surface area contributed by atoms with Crippen molar-refractivity contribution in [3.63, 3.8) is 0 Å². The molecule has 5 rings (SSSR count). The van der Waals surface area contributed by atoms with Gasteiger partial charge in [0.1, 0.15) is 12.4 Å². The lowest BCUT2D eigenvalue weighted by molar-refractivity contribution is -0.119. The van der Waals surface area contributed by atoms with E-state index in [1.165, 1.54) is 8.99 Å². The number of carbonyl (C=O) groups excluding carboxylic acids is 1. The summed E-state index contributed by atoms with van der Waals surface area (Å²) in [7, 11) is -3.50. The highest BCUT2D eigenvalue weighted by Crippen LogP contribution is 2.31. The van der Waals surface area contributed by atoms with Gasteiger partial charge in [-0.25, -0.2) is 17.9 Å². The van der Waals surface area contributed by atoms with Crippen LogP contribution >= 0.6 is 0 Å². The van der Waals surface area contributed by atoms with Crippen LogP contribution in [0, 0.1) is 0 Å². The minimum Gasteiger partial charge on any atom is -0.311 e. The molecule has 10 heteroatoms. The largest absolute Gasteiger partial charge is 0.346 e. The number of carbonyl (C=O) groups is 1. The fraction of sp³-hybridized carbons (Fsp3) is 0.591. The molecule has 0 unspecified atom stereocenters. The number of aryl methyl sites for hydroxylation is 2. The zero-order chi connectivity index (χ0) is 22.3. The molecule has 32 heavy (non-hydrogen) atoms. The summed E-state index contributed by atoms with van der Waals surface area (Å²) in [5.41, 5.74) is 1.37. The Bertz CT molecular complexity index is 1190. The number of fused-ring (bicyclic) bond motifs is 2. The Hall–Kier alpha value is -2.46. The van der Waals surface area contributed by atoms with E-state index in [2.05, 4.69) is 5.10 Å². The van der Waals surface area contributed by atoms with Gasteiger partial charge in [0.25, 0.3) is 0 Å². The van der Waals surface area contributed by atoms with Crippen molar-refractivity contribution in [1.29, 1.82) is 0 Å². The molecule has 0 N–H and O–H groups in total. The second-order valence-electron chi connectivity index (χ2n) is 8.87. The molecule has 0 aliphatic carbocycles. The summed E-state index contributed by atoms with van der Waals surface area (Å²) in [6.07, 6.45) is 7.06. The number of aromatic nitrogens is 3. The van der Waals surface area contributed by atoms with Crippen molar-refractivity contribution in [2.75, 3.05) is 24.5 Å². The van der Waals surface area contributed by atoms with E-state index in [0.717, 1.165) is 68.4 Å². The minimum atomic E-state index is -3.50. The molecule has 0 spiro atoms. The molecule has 4 heterocycles. The molecule has 1 amide bonds. The highest BCUT2D eigenvalue weighted by atomic mass is 32.2. The lowest BCUT2D eigenvalue weighted by Gasteiger charge is -2.30. The Kier molecular flexibility index (Phi) is 5.66. The van der Waals surface area contributed by atoms with Crippen molar-refractivity contribution in [2.45, 2.75) is 69.4 Å². The molecule has 1 saturated heterocycles. The van der Waals surface area contributed by atoms with Gasteiger partial charge < -0.3 is 4.90 Å². The Morgan fingerprint density at radius 2 is 1.72 bits per heavy atom. The van der Waals surface area contributed by atoms with Crippen LogP contribution in [0.3, 0.4) is 0 Å². The number of benzene rings is 1. The SMILES string of the molecule is O=C(Cn1nc2n(c1=O)CCCCC2)N1CCCc2cc(S(=O)(=O)N3CCCC3)ccc21. The topological polar surface area (TPSA) is 97.5 Å². The van der Waals surface area contributed by atoms with Crippen molar-refractivity contribution in [1.82, 2.24) is 18.7 Å². The fourth-order valence-electron chi connectivity index (χ4n) is 5.01. The van der Waals surface area contributed by atoms with Gasteiger partial charge in [-0.3, -0.25) is 9.36 Å². The van der Waals surface area contributed by atoms with Crippen LogP contribution in [0.25, 0.3) is 0 Å². The van der Waals surface area contributed by atoms with Gasteiger partial charge in [0.05, 0.1) is 4.90 Å². The fourth-order valence-corrected chi connectivity index (χ4v) is 6.58. The summed E-state index contributed by atoms with van der Waals surface area (Å²) >= 11 is 0. The molecule has 1 fully saturated rings. The number of nitrogens with zero attached hydrogens (tertiary/aromatic N) is 5. The first-order valence-electron chi connectivity index (χ1n) is 11.5. The Morgan fingerprint density at radius 1 is 0.938 bits per heavy atom. The number of rotatable bonds is 4.